The van der Waals surface area contributed by atoms with E-state index in [4.69, 9.17) is 19.2 Å². The smallest absolute Gasteiger partial charge is 0.227 e. The predicted octanol–water partition coefficient (Wildman–Crippen LogP) is 0.456. The Hall–Kier alpha value is -2.98. The van der Waals surface area contributed by atoms with Crippen LogP contribution in [0.25, 0.3) is 0 Å². The zero-order valence-electron chi connectivity index (χ0n) is 14.7. The molecule has 7 heteroatoms. The highest BCUT2D eigenvalue weighted by molar-refractivity contribution is 5.58. The van der Waals surface area contributed by atoms with Crippen molar-refractivity contribution >= 4 is 5.69 Å². The third kappa shape index (κ3) is 4.16. The van der Waals surface area contributed by atoms with E-state index in [1.165, 1.54) is 17.2 Å². The quantitative estimate of drug-likeness (QED) is 0.810. The molecule has 1 aromatic heterocycles. The first-order chi connectivity index (χ1) is 12.7. The number of methoxy groups -OCH3 is 1. The minimum absolute atomic E-state index is 0.0753. The molecule has 0 atom stereocenters. The lowest BCUT2D eigenvalue weighted by atomic mass is 10.2. The molecular formula is C19H22N3O4+. The Kier molecular flexibility index (Phi) is 5.77. The highest BCUT2D eigenvalue weighted by Gasteiger charge is 2.23. The second kappa shape index (κ2) is 8.41. The summed E-state index contributed by atoms with van der Waals surface area (Å²) in [7, 11) is 1.69. The largest absolute Gasteiger partial charge is 0.495 e. The molecule has 0 amide bonds. The number of hydrogen-bond donors (Lipinski definition) is 1. The molecule has 2 aromatic rings. The van der Waals surface area contributed by atoms with Crippen molar-refractivity contribution in [1.29, 1.82) is 5.26 Å². The van der Waals surface area contributed by atoms with Gasteiger partial charge in [0.05, 0.1) is 39.0 Å². The topological polar surface area (TPSA) is 80.1 Å². The molecule has 136 valence electrons. The summed E-state index contributed by atoms with van der Waals surface area (Å²) in [6, 6.07) is 11.3. The molecule has 1 aliphatic heterocycles. The Morgan fingerprint density at radius 2 is 2.04 bits per heavy atom. The number of piperazine rings is 1. The van der Waals surface area contributed by atoms with Crippen molar-refractivity contribution in [3.63, 3.8) is 0 Å². The summed E-state index contributed by atoms with van der Waals surface area (Å²) >= 11 is 0. The minimum atomic E-state index is -0.256. The maximum Gasteiger partial charge on any atom is 0.227 e. The van der Waals surface area contributed by atoms with Gasteiger partial charge in [0, 0.05) is 6.07 Å². The summed E-state index contributed by atoms with van der Waals surface area (Å²) in [5.41, 5.74) is 0.855. The molecule has 1 aromatic carbocycles. The van der Waals surface area contributed by atoms with Crippen molar-refractivity contribution in [3.05, 3.63) is 52.6 Å². The third-order valence-corrected chi connectivity index (χ3v) is 4.47. The molecule has 0 unspecified atom stereocenters. The van der Waals surface area contributed by atoms with Gasteiger partial charge in [-0.1, -0.05) is 12.1 Å². The second-order valence-corrected chi connectivity index (χ2v) is 6.11. The van der Waals surface area contributed by atoms with Crippen LogP contribution >= 0.6 is 0 Å². The maximum absolute atomic E-state index is 12.0. The van der Waals surface area contributed by atoms with Crippen LogP contribution in [0, 0.1) is 11.3 Å². The summed E-state index contributed by atoms with van der Waals surface area (Å²) in [5, 5.41) is 8.50. The van der Waals surface area contributed by atoms with Crippen LogP contribution in [0.3, 0.4) is 0 Å². The van der Waals surface area contributed by atoms with E-state index in [-0.39, 0.29) is 17.8 Å². The fourth-order valence-electron chi connectivity index (χ4n) is 3.12. The van der Waals surface area contributed by atoms with Gasteiger partial charge in [-0.15, -0.1) is 0 Å². The van der Waals surface area contributed by atoms with Crippen LogP contribution < -0.4 is 24.7 Å². The fourth-order valence-corrected chi connectivity index (χ4v) is 3.12. The normalized spacial score (nSPS) is 14.7. The molecule has 7 nitrogen and oxygen atoms in total. The molecule has 26 heavy (non-hydrogen) atoms. The van der Waals surface area contributed by atoms with Gasteiger partial charge in [0.1, 0.15) is 24.6 Å². The summed E-state index contributed by atoms with van der Waals surface area (Å²) in [6.45, 7) is 4.17. The van der Waals surface area contributed by atoms with E-state index in [1.807, 2.05) is 24.3 Å². The van der Waals surface area contributed by atoms with Gasteiger partial charge in [-0.3, -0.25) is 4.79 Å². The predicted molar refractivity (Wildman–Crippen MR) is 95.7 cm³/mol. The molecule has 0 bridgehead atoms. The molecule has 0 saturated carbocycles. The van der Waals surface area contributed by atoms with Crippen LogP contribution in [0.5, 0.6) is 11.5 Å². The van der Waals surface area contributed by atoms with Crippen LogP contribution in [-0.2, 0) is 6.54 Å². The van der Waals surface area contributed by atoms with Gasteiger partial charge in [0.15, 0.2) is 12.4 Å². The van der Waals surface area contributed by atoms with E-state index in [9.17, 15) is 4.79 Å². The molecule has 0 spiro atoms. The second-order valence-electron chi connectivity index (χ2n) is 6.11. The number of anilines is 1. The Bertz CT molecular complexity index is 835. The van der Waals surface area contributed by atoms with Crippen molar-refractivity contribution in [1.82, 2.24) is 0 Å². The molecule has 1 aliphatic rings. The molecular weight excluding hydrogens is 334 g/mol. The van der Waals surface area contributed by atoms with Crippen LogP contribution in [-0.4, -0.2) is 39.9 Å². The SMILES string of the molecule is COc1ccccc1N1CC[NH+](Cc2cc(=O)c(OCC#N)co2)CC1. The zero-order valence-corrected chi connectivity index (χ0v) is 14.7. The van der Waals surface area contributed by atoms with Crippen LogP contribution in [0.4, 0.5) is 5.69 Å². The van der Waals surface area contributed by atoms with E-state index < -0.39 is 0 Å². The summed E-state index contributed by atoms with van der Waals surface area (Å²) < 4.78 is 16.0. The van der Waals surface area contributed by atoms with Crippen molar-refractivity contribution in [2.45, 2.75) is 6.54 Å². The van der Waals surface area contributed by atoms with Gasteiger partial charge in [0.2, 0.25) is 11.2 Å². The van der Waals surface area contributed by atoms with E-state index in [2.05, 4.69) is 11.0 Å². The van der Waals surface area contributed by atoms with E-state index in [1.54, 1.807) is 7.11 Å². The summed E-state index contributed by atoms with van der Waals surface area (Å²) in [5.74, 6) is 1.58. The van der Waals surface area contributed by atoms with E-state index in [0.717, 1.165) is 37.6 Å². The summed E-state index contributed by atoms with van der Waals surface area (Å²) in [4.78, 5) is 15.6. The number of benzene rings is 1. The molecule has 1 N–H and O–H groups in total. The molecule has 1 fully saturated rings. The minimum Gasteiger partial charge on any atom is -0.495 e. The molecule has 3 rings (SSSR count). The maximum atomic E-state index is 12.0. The first-order valence-corrected chi connectivity index (χ1v) is 8.54. The van der Waals surface area contributed by atoms with Gasteiger partial charge < -0.3 is 23.7 Å². The van der Waals surface area contributed by atoms with Crippen molar-refractivity contribution in [3.8, 4) is 17.6 Å². The lowest BCUT2D eigenvalue weighted by Gasteiger charge is -2.34. The highest BCUT2D eigenvalue weighted by atomic mass is 16.5. The number of para-hydroxylation sites is 2. The van der Waals surface area contributed by atoms with Crippen LogP contribution in [0.2, 0.25) is 0 Å². The zero-order chi connectivity index (χ0) is 18.4. The van der Waals surface area contributed by atoms with Crippen molar-refractivity contribution in [2.75, 3.05) is 44.8 Å². The van der Waals surface area contributed by atoms with Gasteiger partial charge >= 0.3 is 0 Å². The number of nitriles is 1. The summed E-state index contributed by atoms with van der Waals surface area (Å²) in [6.07, 6.45) is 1.29. The number of ether oxygens (including phenoxy) is 2. The Balaban J connectivity index is 1.58. The van der Waals surface area contributed by atoms with Gasteiger partial charge in [-0.25, -0.2) is 0 Å². The number of rotatable bonds is 6. The average Bonchev–Trinajstić information content (AvgIpc) is 2.68. The molecule has 1 saturated heterocycles. The number of quaternary nitrogens is 1. The Morgan fingerprint density at radius 1 is 1.27 bits per heavy atom. The monoisotopic (exact) mass is 356 g/mol. The Morgan fingerprint density at radius 3 is 2.73 bits per heavy atom. The van der Waals surface area contributed by atoms with Crippen LogP contribution in [0.15, 0.2) is 45.8 Å². The van der Waals surface area contributed by atoms with Crippen LogP contribution in [0.1, 0.15) is 5.76 Å². The number of nitrogens with zero attached hydrogens (tertiary/aromatic N) is 2. The molecule has 0 aliphatic carbocycles. The van der Waals surface area contributed by atoms with Crippen molar-refractivity contribution < 1.29 is 18.8 Å². The van der Waals surface area contributed by atoms with E-state index >= 15 is 0 Å². The third-order valence-electron chi connectivity index (χ3n) is 4.47. The number of hydrogen-bond acceptors (Lipinski definition) is 6. The van der Waals surface area contributed by atoms with Gasteiger partial charge in [-0.2, -0.15) is 5.26 Å². The van der Waals surface area contributed by atoms with Crippen molar-refractivity contribution in [2.24, 2.45) is 0 Å². The lowest BCUT2D eigenvalue weighted by molar-refractivity contribution is -0.915. The Labute approximate surface area is 152 Å². The molecule has 0 radical (unpaired) electrons. The van der Waals surface area contributed by atoms with Gasteiger partial charge in [-0.05, 0) is 12.1 Å². The number of nitrogens with one attached hydrogen (secondary N) is 1. The average molecular weight is 356 g/mol. The first-order valence-electron chi connectivity index (χ1n) is 8.54. The lowest BCUT2D eigenvalue weighted by Crippen LogP contribution is -3.13. The fraction of sp³-hybridized carbons (Fsp3) is 0.368. The highest BCUT2D eigenvalue weighted by Crippen LogP contribution is 2.27. The molecule has 2 heterocycles. The standard InChI is InChI=1S/C19H21N3O4/c1-24-18-5-3-2-4-16(18)22-9-7-21(8-10-22)13-15-12-17(23)19(14-26-15)25-11-6-20/h2-5,12,14H,7-11,13H2,1H3/p+1. The van der Waals surface area contributed by atoms with E-state index in [0.29, 0.717) is 12.3 Å². The van der Waals surface area contributed by atoms with Gasteiger partial charge in [0.25, 0.3) is 0 Å². The first kappa shape index (κ1) is 17.8.